The van der Waals surface area contributed by atoms with Crippen molar-refractivity contribution in [3.63, 3.8) is 0 Å². The van der Waals surface area contributed by atoms with E-state index in [9.17, 15) is 14.9 Å². The van der Waals surface area contributed by atoms with Crippen LogP contribution < -0.4 is 5.32 Å². The minimum Gasteiger partial charge on any atom is -0.354 e. The Morgan fingerprint density at radius 3 is 2.58 bits per heavy atom. The number of nitro benzene ring substituents is 1. The van der Waals surface area contributed by atoms with E-state index >= 15 is 0 Å². The monoisotopic (exact) mass is 268 g/mol. The van der Waals surface area contributed by atoms with E-state index in [0.717, 1.165) is 5.56 Å². The Morgan fingerprint density at radius 2 is 2.05 bits per heavy atom. The highest BCUT2D eigenvalue weighted by Crippen LogP contribution is 2.19. The van der Waals surface area contributed by atoms with Gasteiger partial charge in [0.05, 0.1) is 11.5 Å². The molecule has 0 unspecified atom stereocenters. The molecule has 7 heteroatoms. The molecule has 19 heavy (non-hydrogen) atoms. The summed E-state index contributed by atoms with van der Waals surface area (Å²) in [5.74, 6) is -0.533. The second-order valence-electron chi connectivity index (χ2n) is 3.89. The number of nitrogens with one attached hydrogen (secondary N) is 1. The zero-order chi connectivity index (χ0) is 14.4. The molecule has 0 fully saturated rings. The second-order valence-corrected chi connectivity index (χ2v) is 3.89. The highest BCUT2D eigenvalue weighted by atomic mass is 16.7. The molecule has 0 saturated heterocycles. The van der Waals surface area contributed by atoms with Gasteiger partial charge in [-0.25, -0.2) is 0 Å². The second kappa shape index (κ2) is 6.81. The van der Waals surface area contributed by atoms with Gasteiger partial charge in [-0.15, -0.1) is 0 Å². The number of methoxy groups -OCH3 is 2. The molecule has 0 spiro atoms. The van der Waals surface area contributed by atoms with Crippen molar-refractivity contribution in [2.45, 2.75) is 13.2 Å². The number of hydrogen-bond acceptors (Lipinski definition) is 5. The zero-order valence-electron chi connectivity index (χ0n) is 11.0. The van der Waals surface area contributed by atoms with Crippen LogP contribution in [0.5, 0.6) is 0 Å². The molecule has 1 aromatic rings. The Balaban J connectivity index is 2.87. The molecule has 0 bridgehead atoms. The molecular weight excluding hydrogens is 252 g/mol. The number of aryl methyl sites for hydroxylation is 1. The Labute approximate surface area is 110 Å². The summed E-state index contributed by atoms with van der Waals surface area (Å²) in [6.45, 7) is 1.87. The molecule has 1 rings (SSSR count). The van der Waals surface area contributed by atoms with E-state index in [1.165, 1.54) is 26.4 Å². The molecule has 0 aromatic heterocycles. The number of benzene rings is 1. The van der Waals surface area contributed by atoms with Crippen LogP contribution in [0.15, 0.2) is 18.2 Å². The molecule has 1 aromatic carbocycles. The third-order valence-corrected chi connectivity index (χ3v) is 2.55. The zero-order valence-corrected chi connectivity index (χ0v) is 11.0. The maximum absolute atomic E-state index is 11.9. The molecule has 0 saturated carbocycles. The lowest BCUT2D eigenvalue weighted by Gasteiger charge is -2.14. The van der Waals surface area contributed by atoms with E-state index in [4.69, 9.17) is 9.47 Å². The van der Waals surface area contributed by atoms with Crippen LogP contribution in [-0.4, -0.2) is 37.9 Å². The van der Waals surface area contributed by atoms with Crippen molar-refractivity contribution < 1.29 is 19.2 Å². The molecule has 7 nitrogen and oxygen atoms in total. The van der Waals surface area contributed by atoms with E-state index in [1.807, 2.05) is 0 Å². The lowest BCUT2D eigenvalue weighted by molar-refractivity contribution is -0.385. The molecule has 0 heterocycles. The van der Waals surface area contributed by atoms with Crippen LogP contribution in [0.4, 0.5) is 5.69 Å². The largest absolute Gasteiger partial charge is 0.354 e. The normalized spacial score (nSPS) is 10.5. The first-order valence-electron chi connectivity index (χ1n) is 5.58. The average Bonchev–Trinajstić information content (AvgIpc) is 2.39. The fraction of sp³-hybridized carbons (Fsp3) is 0.417. The number of ether oxygens (including phenoxy) is 2. The van der Waals surface area contributed by atoms with Gasteiger partial charge in [-0.1, -0.05) is 6.07 Å². The van der Waals surface area contributed by atoms with Gasteiger partial charge in [0, 0.05) is 20.3 Å². The van der Waals surface area contributed by atoms with Gasteiger partial charge in [-0.3, -0.25) is 14.9 Å². The van der Waals surface area contributed by atoms with Gasteiger partial charge in [0.15, 0.2) is 6.29 Å². The quantitative estimate of drug-likeness (QED) is 0.476. The summed E-state index contributed by atoms with van der Waals surface area (Å²) < 4.78 is 9.83. The van der Waals surface area contributed by atoms with Gasteiger partial charge in [-0.2, -0.15) is 0 Å². The van der Waals surface area contributed by atoms with E-state index in [1.54, 1.807) is 13.0 Å². The van der Waals surface area contributed by atoms with Gasteiger partial charge >= 0.3 is 0 Å². The first-order valence-corrected chi connectivity index (χ1v) is 5.58. The summed E-state index contributed by atoms with van der Waals surface area (Å²) in [5.41, 5.74) is 0.566. The fourth-order valence-electron chi connectivity index (χ4n) is 1.53. The Kier molecular flexibility index (Phi) is 5.40. The van der Waals surface area contributed by atoms with Crippen LogP contribution in [0.1, 0.15) is 15.9 Å². The summed E-state index contributed by atoms with van der Waals surface area (Å²) in [6.07, 6.45) is -0.590. The molecule has 1 amide bonds. The molecular formula is C12H16N2O5. The standard InChI is InChI=1S/C12H16N2O5/c1-8-4-5-10(14(16)17)9(6-8)12(15)13-7-11(18-2)19-3/h4-6,11H,7H2,1-3H3,(H,13,15). The van der Waals surface area contributed by atoms with Gasteiger partial charge in [0.1, 0.15) is 5.56 Å². The fourth-order valence-corrected chi connectivity index (χ4v) is 1.53. The number of hydrogen-bond donors (Lipinski definition) is 1. The minimum atomic E-state index is -0.590. The molecule has 0 atom stereocenters. The summed E-state index contributed by atoms with van der Waals surface area (Å²) >= 11 is 0. The number of carbonyl (C=O) groups excluding carboxylic acids is 1. The minimum absolute atomic E-state index is 0.0240. The molecule has 0 aliphatic heterocycles. The van der Waals surface area contributed by atoms with E-state index in [2.05, 4.69) is 5.32 Å². The summed E-state index contributed by atoms with van der Waals surface area (Å²) in [7, 11) is 2.88. The van der Waals surface area contributed by atoms with Crippen LogP contribution in [-0.2, 0) is 9.47 Å². The Bertz CT molecular complexity index is 471. The molecule has 1 N–H and O–H groups in total. The summed E-state index contributed by atoms with van der Waals surface area (Å²) in [6, 6.07) is 4.37. The van der Waals surface area contributed by atoms with Gasteiger partial charge in [0.2, 0.25) is 0 Å². The molecule has 104 valence electrons. The van der Waals surface area contributed by atoms with E-state index < -0.39 is 17.1 Å². The molecule has 0 aliphatic carbocycles. The van der Waals surface area contributed by atoms with Crippen LogP contribution in [0.25, 0.3) is 0 Å². The number of nitro groups is 1. The molecule has 0 radical (unpaired) electrons. The van der Waals surface area contributed by atoms with Crippen molar-refractivity contribution >= 4 is 11.6 Å². The number of carbonyl (C=O) groups is 1. The van der Waals surface area contributed by atoms with Crippen molar-refractivity contribution in [3.05, 3.63) is 39.4 Å². The smallest absolute Gasteiger partial charge is 0.282 e. The lowest BCUT2D eigenvalue weighted by Crippen LogP contribution is -2.34. The maximum Gasteiger partial charge on any atom is 0.282 e. The number of rotatable bonds is 6. The summed E-state index contributed by atoms with van der Waals surface area (Å²) in [5, 5.41) is 13.4. The van der Waals surface area contributed by atoms with Crippen molar-refractivity contribution in [1.82, 2.24) is 5.32 Å². The highest BCUT2D eigenvalue weighted by molar-refractivity contribution is 5.98. The molecule has 0 aliphatic rings. The van der Waals surface area contributed by atoms with E-state index in [0.29, 0.717) is 0 Å². The van der Waals surface area contributed by atoms with Gasteiger partial charge < -0.3 is 14.8 Å². The topological polar surface area (TPSA) is 90.7 Å². The number of nitrogens with zero attached hydrogens (tertiary/aromatic N) is 1. The van der Waals surface area contributed by atoms with Crippen LogP contribution >= 0.6 is 0 Å². The third-order valence-electron chi connectivity index (χ3n) is 2.55. The van der Waals surface area contributed by atoms with Crippen molar-refractivity contribution in [2.24, 2.45) is 0 Å². The maximum atomic E-state index is 11.9. The third kappa shape index (κ3) is 4.01. The van der Waals surface area contributed by atoms with E-state index in [-0.39, 0.29) is 17.8 Å². The van der Waals surface area contributed by atoms with Gasteiger partial charge in [-0.05, 0) is 18.6 Å². The van der Waals surface area contributed by atoms with Gasteiger partial charge in [0.25, 0.3) is 11.6 Å². The first-order chi connectivity index (χ1) is 8.99. The lowest BCUT2D eigenvalue weighted by atomic mass is 10.1. The SMILES string of the molecule is COC(CNC(=O)c1cc(C)ccc1[N+](=O)[O-])OC. The highest BCUT2D eigenvalue weighted by Gasteiger charge is 2.20. The van der Waals surface area contributed by atoms with Crippen molar-refractivity contribution in [2.75, 3.05) is 20.8 Å². The number of amides is 1. The average molecular weight is 268 g/mol. The predicted octanol–water partition coefficient (Wildman–Crippen LogP) is 1.25. The summed E-state index contributed by atoms with van der Waals surface area (Å²) in [4.78, 5) is 22.2. The Morgan fingerprint density at radius 1 is 1.42 bits per heavy atom. The predicted molar refractivity (Wildman–Crippen MR) is 68.0 cm³/mol. The van der Waals surface area contributed by atoms with Crippen molar-refractivity contribution in [3.8, 4) is 0 Å². The van der Waals surface area contributed by atoms with Crippen molar-refractivity contribution in [1.29, 1.82) is 0 Å². The van der Waals surface area contributed by atoms with Crippen LogP contribution in [0.2, 0.25) is 0 Å². The first kappa shape index (κ1) is 15.1. The Hall–Kier alpha value is -1.99. The van der Waals surface area contributed by atoms with Crippen LogP contribution in [0, 0.1) is 17.0 Å². The van der Waals surface area contributed by atoms with Crippen LogP contribution in [0.3, 0.4) is 0 Å².